The maximum absolute atomic E-state index is 13.4. The summed E-state index contributed by atoms with van der Waals surface area (Å²) < 4.78 is 69.8. The Balaban J connectivity index is 2.42. The summed E-state index contributed by atoms with van der Waals surface area (Å²) in [6.45, 7) is 0. The molecule has 2 aromatic rings. The summed E-state index contributed by atoms with van der Waals surface area (Å²) in [7, 11) is 0. The van der Waals surface area contributed by atoms with Crippen LogP contribution in [0, 0.1) is 29.1 Å². The molecule has 0 bridgehead atoms. The zero-order valence-corrected chi connectivity index (χ0v) is 11.1. The Hall–Kier alpha value is -2.35. The van der Waals surface area contributed by atoms with Crippen molar-refractivity contribution >= 4 is 23.3 Å². The van der Waals surface area contributed by atoms with Crippen LogP contribution in [0.3, 0.4) is 0 Å². The molecule has 0 heterocycles. The fourth-order valence-corrected chi connectivity index (χ4v) is 1.66. The highest BCUT2D eigenvalue weighted by Crippen LogP contribution is 2.30. The summed E-state index contributed by atoms with van der Waals surface area (Å²) in [5.41, 5.74) is 5.23. The van der Waals surface area contributed by atoms with Crippen molar-refractivity contribution in [3.05, 3.63) is 57.9 Å². The van der Waals surface area contributed by atoms with Crippen molar-refractivity contribution in [1.29, 1.82) is 0 Å². The van der Waals surface area contributed by atoms with Gasteiger partial charge in [-0.2, -0.15) is 8.78 Å². The van der Waals surface area contributed by atoms with E-state index in [2.05, 4.69) is 4.74 Å². The number of rotatable bonds is 2. The Labute approximate surface area is 125 Å². The van der Waals surface area contributed by atoms with E-state index in [0.29, 0.717) is 0 Å². The number of nitrogen functional groups attached to an aromatic ring is 1. The van der Waals surface area contributed by atoms with Gasteiger partial charge in [0.05, 0.1) is 16.3 Å². The Kier molecular flexibility index (Phi) is 4.23. The molecule has 9 heteroatoms. The minimum atomic E-state index is -2.36. The first-order chi connectivity index (χ1) is 10.2. The van der Waals surface area contributed by atoms with Crippen LogP contribution in [-0.2, 0) is 0 Å². The van der Waals surface area contributed by atoms with E-state index in [1.54, 1.807) is 0 Å². The third-order valence-corrected chi connectivity index (χ3v) is 2.93. The van der Waals surface area contributed by atoms with Crippen LogP contribution in [0.4, 0.5) is 27.6 Å². The summed E-state index contributed by atoms with van der Waals surface area (Å²) in [6.07, 6.45) is 0. The fraction of sp³-hybridized carbons (Fsp3) is 0. The molecule has 22 heavy (non-hydrogen) atoms. The van der Waals surface area contributed by atoms with Crippen molar-refractivity contribution in [1.82, 2.24) is 0 Å². The molecule has 116 valence electrons. The lowest BCUT2D eigenvalue weighted by Gasteiger charge is -2.09. The Morgan fingerprint density at radius 2 is 1.45 bits per heavy atom. The van der Waals surface area contributed by atoms with Gasteiger partial charge in [-0.3, -0.25) is 0 Å². The van der Waals surface area contributed by atoms with Crippen molar-refractivity contribution < 1.29 is 31.5 Å². The SMILES string of the molecule is Nc1ccc(C(=O)Oc2c(F)c(F)c(F)c(F)c2F)cc1Cl. The molecule has 0 spiro atoms. The number of carbonyl (C=O) groups excluding carboxylic acids is 1. The van der Waals surface area contributed by atoms with Crippen LogP contribution in [0.15, 0.2) is 18.2 Å². The van der Waals surface area contributed by atoms with Gasteiger partial charge in [0.25, 0.3) is 0 Å². The lowest BCUT2D eigenvalue weighted by molar-refractivity contribution is 0.0716. The van der Waals surface area contributed by atoms with E-state index in [1.807, 2.05) is 0 Å². The monoisotopic (exact) mass is 337 g/mol. The topological polar surface area (TPSA) is 52.3 Å². The molecule has 0 fully saturated rings. The van der Waals surface area contributed by atoms with Gasteiger partial charge >= 0.3 is 5.97 Å². The summed E-state index contributed by atoms with van der Waals surface area (Å²) >= 11 is 5.64. The van der Waals surface area contributed by atoms with E-state index >= 15 is 0 Å². The van der Waals surface area contributed by atoms with Crippen LogP contribution in [0.25, 0.3) is 0 Å². The third kappa shape index (κ3) is 2.69. The van der Waals surface area contributed by atoms with E-state index in [9.17, 15) is 26.7 Å². The highest BCUT2D eigenvalue weighted by atomic mass is 35.5. The molecule has 2 N–H and O–H groups in total. The quantitative estimate of drug-likeness (QED) is 0.226. The second-order valence-corrected chi connectivity index (χ2v) is 4.43. The highest BCUT2D eigenvalue weighted by Gasteiger charge is 2.28. The summed E-state index contributed by atoms with van der Waals surface area (Å²) in [6, 6.07) is 3.33. The second-order valence-electron chi connectivity index (χ2n) is 4.02. The molecule has 3 nitrogen and oxygen atoms in total. The first kappa shape index (κ1) is 16.0. The normalized spacial score (nSPS) is 10.6. The van der Waals surface area contributed by atoms with Crippen LogP contribution in [0.2, 0.25) is 5.02 Å². The molecule has 0 aliphatic heterocycles. The van der Waals surface area contributed by atoms with Gasteiger partial charge in [-0.15, -0.1) is 0 Å². The summed E-state index contributed by atoms with van der Waals surface area (Å²) in [5, 5.41) is -0.0492. The standard InChI is InChI=1S/C13H5ClF5NO2/c14-5-3-4(1-2-6(5)20)13(21)22-12-10(18)8(16)7(15)9(17)11(12)19/h1-3H,20H2. The van der Waals surface area contributed by atoms with Crippen LogP contribution >= 0.6 is 11.6 Å². The fourth-order valence-electron chi connectivity index (χ4n) is 1.48. The number of benzene rings is 2. The van der Waals surface area contributed by atoms with E-state index in [4.69, 9.17) is 17.3 Å². The van der Waals surface area contributed by atoms with Gasteiger partial charge in [0, 0.05) is 0 Å². The number of halogens is 6. The highest BCUT2D eigenvalue weighted by molar-refractivity contribution is 6.33. The number of carbonyl (C=O) groups is 1. The third-order valence-electron chi connectivity index (χ3n) is 2.60. The molecule has 2 aromatic carbocycles. The second kappa shape index (κ2) is 5.80. The van der Waals surface area contributed by atoms with Gasteiger partial charge in [0.1, 0.15) is 0 Å². The molecule has 2 rings (SSSR count). The average molecular weight is 338 g/mol. The molecular weight excluding hydrogens is 333 g/mol. The van der Waals surface area contributed by atoms with E-state index in [-0.39, 0.29) is 16.3 Å². The molecule has 0 atom stereocenters. The van der Waals surface area contributed by atoms with Crippen LogP contribution in [-0.4, -0.2) is 5.97 Å². The van der Waals surface area contributed by atoms with Crippen molar-refractivity contribution in [2.75, 3.05) is 5.73 Å². The molecular formula is C13H5ClF5NO2. The van der Waals surface area contributed by atoms with Crippen LogP contribution in [0.5, 0.6) is 5.75 Å². The van der Waals surface area contributed by atoms with E-state index < -0.39 is 40.8 Å². The molecule has 0 saturated heterocycles. The van der Waals surface area contributed by atoms with E-state index in [0.717, 1.165) is 12.1 Å². The maximum atomic E-state index is 13.4. The Morgan fingerprint density at radius 1 is 0.955 bits per heavy atom. The zero-order chi connectivity index (χ0) is 16.6. The average Bonchev–Trinajstić information content (AvgIpc) is 2.50. The minimum Gasteiger partial charge on any atom is -0.416 e. The first-order valence-corrected chi connectivity index (χ1v) is 5.90. The van der Waals surface area contributed by atoms with Gasteiger partial charge in [0.2, 0.25) is 34.8 Å². The molecule has 0 saturated carbocycles. The maximum Gasteiger partial charge on any atom is 0.343 e. The molecule has 0 unspecified atom stereocenters. The molecule has 0 aromatic heterocycles. The van der Waals surface area contributed by atoms with Gasteiger partial charge in [-0.05, 0) is 18.2 Å². The minimum absolute atomic E-state index is 0.0492. The predicted octanol–water partition coefficient (Wildman–Crippen LogP) is 3.84. The van der Waals surface area contributed by atoms with Crippen molar-refractivity contribution in [2.45, 2.75) is 0 Å². The van der Waals surface area contributed by atoms with Crippen molar-refractivity contribution in [3.8, 4) is 5.75 Å². The molecule has 0 radical (unpaired) electrons. The molecule has 0 aliphatic carbocycles. The van der Waals surface area contributed by atoms with Crippen LogP contribution < -0.4 is 10.5 Å². The number of hydrogen-bond acceptors (Lipinski definition) is 3. The van der Waals surface area contributed by atoms with E-state index in [1.165, 1.54) is 6.07 Å². The number of hydrogen-bond donors (Lipinski definition) is 1. The van der Waals surface area contributed by atoms with Gasteiger partial charge in [-0.25, -0.2) is 18.0 Å². The lowest BCUT2D eigenvalue weighted by Crippen LogP contribution is -2.13. The predicted molar refractivity (Wildman–Crippen MR) is 67.1 cm³/mol. The largest absolute Gasteiger partial charge is 0.416 e. The molecule has 0 amide bonds. The first-order valence-electron chi connectivity index (χ1n) is 5.52. The number of anilines is 1. The van der Waals surface area contributed by atoms with Gasteiger partial charge < -0.3 is 10.5 Å². The summed E-state index contributed by atoms with van der Waals surface area (Å²) in [5.74, 6) is -14.4. The number of ether oxygens (including phenoxy) is 1. The summed E-state index contributed by atoms with van der Waals surface area (Å²) in [4.78, 5) is 11.7. The van der Waals surface area contributed by atoms with Crippen molar-refractivity contribution in [3.63, 3.8) is 0 Å². The molecule has 0 aliphatic rings. The number of esters is 1. The van der Waals surface area contributed by atoms with Crippen LogP contribution in [0.1, 0.15) is 10.4 Å². The van der Waals surface area contributed by atoms with Gasteiger partial charge in [0.15, 0.2) is 0 Å². The zero-order valence-electron chi connectivity index (χ0n) is 10.4. The van der Waals surface area contributed by atoms with Gasteiger partial charge in [-0.1, -0.05) is 11.6 Å². The lowest BCUT2D eigenvalue weighted by atomic mass is 10.2. The number of nitrogens with two attached hydrogens (primary N) is 1. The Bertz CT molecular complexity index is 753. The van der Waals surface area contributed by atoms with Crippen molar-refractivity contribution in [2.24, 2.45) is 0 Å². The Morgan fingerprint density at radius 3 is 1.95 bits per heavy atom. The smallest absolute Gasteiger partial charge is 0.343 e.